The molecule has 1 atom stereocenters. The first-order valence-corrected chi connectivity index (χ1v) is 11.5. The highest BCUT2D eigenvalue weighted by atomic mass is 35.5. The first-order chi connectivity index (χ1) is 16.3. The van der Waals surface area contributed by atoms with Gasteiger partial charge in [0.2, 0.25) is 0 Å². The van der Waals surface area contributed by atoms with E-state index in [1.54, 1.807) is 66.7 Å². The minimum Gasteiger partial charge on any atom is -0.507 e. The summed E-state index contributed by atoms with van der Waals surface area (Å²) in [7, 11) is 0. The summed E-state index contributed by atoms with van der Waals surface area (Å²) in [5.74, 6) is -0.569. The maximum atomic E-state index is 13.2. The fourth-order valence-electron chi connectivity index (χ4n) is 4.02. The Morgan fingerprint density at radius 1 is 1.03 bits per heavy atom. The van der Waals surface area contributed by atoms with Crippen molar-refractivity contribution in [2.75, 3.05) is 11.5 Å². The lowest BCUT2D eigenvalue weighted by atomic mass is 9.94. The Bertz CT molecular complexity index is 1250. The number of rotatable bonds is 6. The van der Waals surface area contributed by atoms with E-state index in [0.717, 1.165) is 5.56 Å². The second-order valence-corrected chi connectivity index (χ2v) is 9.18. The lowest BCUT2D eigenvalue weighted by Gasteiger charge is -2.25. The molecule has 0 saturated carbocycles. The molecule has 1 aliphatic rings. The molecule has 3 aromatic rings. The van der Waals surface area contributed by atoms with Gasteiger partial charge in [0.15, 0.2) is 0 Å². The van der Waals surface area contributed by atoms with Gasteiger partial charge in [0.05, 0.1) is 18.2 Å². The van der Waals surface area contributed by atoms with Gasteiger partial charge in [-0.15, -0.1) is 0 Å². The lowest BCUT2D eigenvalue weighted by molar-refractivity contribution is -0.132. The first kappa shape index (κ1) is 23.6. The van der Waals surface area contributed by atoms with Crippen molar-refractivity contribution in [2.24, 2.45) is 5.92 Å². The van der Waals surface area contributed by atoms with Crippen molar-refractivity contribution >= 4 is 34.7 Å². The summed E-state index contributed by atoms with van der Waals surface area (Å²) in [6.45, 7) is 6.59. The van der Waals surface area contributed by atoms with Gasteiger partial charge < -0.3 is 9.84 Å². The number of benzene rings is 3. The quantitative estimate of drug-likeness (QED) is 0.258. The van der Waals surface area contributed by atoms with Crippen molar-refractivity contribution in [2.45, 2.75) is 26.8 Å². The fourth-order valence-corrected chi connectivity index (χ4v) is 4.14. The number of carbonyl (C=O) groups excluding carboxylic acids is 2. The van der Waals surface area contributed by atoms with Gasteiger partial charge in [0.1, 0.15) is 11.5 Å². The number of hydrogen-bond donors (Lipinski definition) is 1. The minimum atomic E-state index is -0.795. The smallest absolute Gasteiger partial charge is 0.300 e. The molecular weight excluding hydrogens is 450 g/mol. The second kappa shape index (κ2) is 9.74. The number of para-hydroxylation sites is 1. The van der Waals surface area contributed by atoms with Crippen LogP contribution >= 0.6 is 11.6 Å². The van der Waals surface area contributed by atoms with E-state index in [0.29, 0.717) is 40.1 Å². The molecule has 0 aliphatic carbocycles. The summed E-state index contributed by atoms with van der Waals surface area (Å²) in [5, 5.41) is 11.8. The van der Waals surface area contributed by atoms with Crippen LogP contribution in [-0.4, -0.2) is 23.4 Å². The zero-order valence-corrected chi connectivity index (χ0v) is 20.0. The summed E-state index contributed by atoms with van der Waals surface area (Å²) in [6, 6.07) is 20.3. The number of hydrogen-bond acceptors (Lipinski definition) is 4. The van der Waals surface area contributed by atoms with Crippen molar-refractivity contribution in [3.63, 3.8) is 0 Å². The molecule has 0 aromatic heterocycles. The Morgan fingerprint density at radius 2 is 1.71 bits per heavy atom. The predicted molar refractivity (Wildman–Crippen MR) is 134 cm³/mol. The molecule has 3 aromatic carbocycles. The van der Waals surface area contributed by atoms with Gasteiger partial charge in [-0.25, -0.2) is 0 Å². The molecule has 6 heteroatoms. The molecular formula is C28H26ClNO4. The van der Waals surface area contributed by atoms with Crippen molar-refractivity contribution in [3.05, 3.63) is 100 Å². The number of aryl methyl sites for hydroxylation is 1. The van der Waals surface area contributed by atoms with Gasteiger partial charge in [-0.2, -0.15) is 0 Å². The fraction of sp³-hybridized carbons (Fsp3) is 0.214. The third-order valence-corrected chi connectivity index (χ3v) is 5.94. The van der Waals surface area contributed by atoms with Crippen LogP contribution < -0.4 is 9.64 Å². The summed E-state index contributed by atoms with van der Waals surface area (Å²) in [4.78, 5) is 27.8. The molecule has 1 N–H and O–H groups in total. The highest BCUT2D eigenvalue weighted by molar-refractivity contribution is 6.51. The molecule has 0 radical (unpaired) electrons. The van der Waals surface area contributed by atoms with Crippen LogP contribution in [0.1, 0.15) is 36.6 Å². The Morgan fingerprint density at radius 3 is 2.32 bits per heavy atom. The molecule has 1 unspecified atom stereocenters. The summed E-state index contributed by atoms with van der Waals surface area (Å²) >= 11 is 6.08. The van der Waals surface area contributed by atoms with Gasteiger partial charge in [-0.05, 0) is 66.4 Å². The van der Waals surface area contributed by atoms with Crippen molar-refractivity contribution in [1.29, 1.82) is 0 Å². The van der Waals surface area contributed by atoms with Crippen LogP contribution in [0.3, 0.4) is 0 Å². The largest absolute Gasteiger partial charge is 0.507 e. The monoisotopic (exact) mass is 475 g/mol. The number of ketones is 1. The summed E-state index contributed by atoms with van der Waals surface area (Å²) in [5.41, 5.74) is 2.54. The Hall–Kier alpha value is -3.57. The molecule has 174 valence electrons. The van der Waals surface area contributed by atoms with Gasteiger partial charge >= 0.3 is 0 Å². The summed E-state index contributed by atoms with van der Waals surface area (Å²) in [6.07, 6.45) is 0. The maximum Gasteiger partial charge on any atom is 0.300 e. The second-order valence-electron chi connectivity index (χ2n) is 8.74. The first-order valence-electron chi connectivity index (χ1n) is 11.1. The number of aliphatic hydroxyl groups is 1. The molecule has 34 heavy (non-hydrogen) atoms. The van der Waals surface area contributed by atoms with E-state index < -0.39 is 17.7 Å². The molecule has 1 heterocycles. The average molecular weight is 476 g/mol. The van der Waals surface area contributed by atoms with Crippen LogP contribution in [0, 0.1) is 12.8 Å². The van der Waals surface area contributed by atoms with Gasteiger partial charge in [0, 0.05) is 16.3 Å². The van der Waals surface area contributed by atoms with Crippen LogP contribution in [0.4, 0.5) is 5.69 Å². The Kier molecular flexibility index (Phi) is 6.75. The molecule has 4 rings (SSSR count). The molecule has 0 bridgehead atoms. The average Bonchev–Trinajstić information content (AvgIpc) is 3.09. The van der Waals surface area contributed by atoms with Gasteiger partial charge in [-0.1, -0.05) is 55.8 Å². The van der Waals surface area contributed by atoms with E-state index in [9.17, 15) is 14.7 Å². The van der Waals surface area contributed by atoms with E-state index in [2.05, 4.69) is 13.8 Å². The molecule has 5 nitrogen and oxygen atoms in total. The third-order valence-electron chi connectivity index (χ3n) is 5.69. The molecule has 0 spiro atoms. The minimum absolute atomic E-state index is 0.0337. The number of ether oxygens (including phenoxy) is 1. The zero-order chi connectivity index (χ0) is 24.4. The number of carbonyl (C=O) groups is 2. The van der Waals surface area contributed by atoms with Crippen LogP contribution in [0.15, 0.2) is 78.4 Å². The Labute approximate surface area is 204 Å². The van der Waals surface area contributed by atoms with Crippen molar-refractivity contribution < 1.29 is 19.4 Å². The number of anilines is 1. The van der Waals surface area contributed by atoms with E-state index in [1.807, 2.05) is 13.0 Å². The van der Waals surface area contributed by atoms with Crippen LogP contribution in [-0.2, 0) is 9.59 Å². The van der Waals surface area contributed by atoms with E-state index in [4.69, 9.17) is 16.3 Å². The maximum absolute atomic E-state index is 13.2. The highest BCUT2D eigenvalue weighted by Gasteiger charge is 2.46. The lowest BCUT2D eigenvalue weighted by Crippen LogP contribution is -2.29. The van der Waals surface area contributed by atoms with Gasteiger partial charge in [0.25, 0.3) is 11.7 Å². The standard InChI is InChI=1S/C28H26ClNO4/c1-17(2)16-34-23-14-11-20(15-18(23)3)26(31)24-25(19-9-12-21(29)13-10-19)30(28(33)27(24)32)22-7-5-4-6-8-22/h4-15,17,25,31H,16H2,1-3H3/b26-24-. The zero-order valence-electron chi connectivity index (χ0n) is 19.3. The number of aliphatic hydroxyl groups excluding tert-OH is 1. The highest BCUT2D eigenvalue weighted by Crippen LogP contribution is 2.42. The third kappa shape index (κ3) is 4.57. The van der Waals surface area contributed by atoms with E-state index in [-0.39, 0.29) is 11.3 Å². The predicted octanol–water partition coefficient (Wildman–Crippen LogP) is 6.31. The molecule has 1 aliphatic heterocycles. The van der Waals surface area contributed by atoms with Crippen molar-refractivity contribution in [3.8, 4) is 5.75 Å². The Balaban J connectivity index is 1.84. The van der Waals surface area contributed by atoms with Crippen LogP contribution in [0.25, 0.3) is 5.76 Å². The number of amides is 1. The van der Waals surface area contributed by atoms with E-state index in [1.165, 1.54) is 4.90 Å². The van der Waals surface area contributed by atoms with Crippen molar-refractivity contribution in [1.82, 2.24) is 0 Å². The topological polar surface area (TPSA) is 66.8 Å². The van der Waals surface area contributed by atoms with Crippen LogP contribution in [0.2, 0.25) is 5.02 Å². The molecule has 1 saturated heterocycles. The number of Topliss-reactive ketones (excluding diaryl/α,β-unsaturated/α-hetero) is 1. The van der Waals surface area contributed by atoms with Crippen LogP contribution in [0.5, 0.6) is 5.75 Å². The molecule has 1 fully saturated rings. The number of nitrogens with zero attached hydrogens (tertiary/aromatic N) is 1. The molecule has 1 amide bonds. The normalized spacial score (nSPS) is 17.4. The number of halogens is 1. The van der Waals surface area contributed by atoms with Gasteiger partial charge in [-0.3, -0.25) is 14.5 Å². The SMILES string of the molecule is Cc1cc(/C(O)=C2/C(=O)C(=O)N(c3ccccc3)C2c2ccc(Cl)cc2)ccc1OCC(C)C. The van der Waals surface area contributed by atoms with E-state index >= 15 is 0 Å². The summed E-state index contributed by atoms with van der Waals surface area (Å²) < 4.78 is 5.83.